The standard InChI is InChI=1S/C15H22N4O2.ClH/c1-15(2,10-16)18-13(20)11-5-3-6-12(9-11)19-8-4-7-17-14(19)21;/h3,5-6,9H,4,7-8,10,16H2,1-2H3,(H,17,21)(H,18,20);1H. The Kier molecular flexibility index (Phi) is 6.20. The summed E-state index contributed by atoms with van der Waals surface area (Å²) in [6.07, 6.45) is 0.891. The summed E-state index contributed by atoms with van der Waals surface area (Å²) in [5, 5.41) is 5.68. The predicted octanol–water partition coefficient (Wildman–Crippen LogP) is 1.50. The monoisotopic (exact) mass is 326 g/mol. The van der Waals surface area contributed by atoms with Gasteiger partial charge in [-0.15, -0.1) is 12.4 Å². The third-order valence-electron chi connectivity index (χ3n) is 3.46. The van der Waals surface area contributed by atoms with Crippen molar-refractivity contribution in [1.82, 2.24) is 10.6 Å². The number of amides is 3. The molecule has 1 fully saturated rings. The SMILES string of the molecule is CC(C)(CN)NC(=O)c1cccc(N2CCCNC2=O)c1.Cl. The number of urea groups is 1. The van der Waals surface area contributed by atoms with Crippen LogP contribution in [0.4, 0.5) is 10.5 Å². The fraction of sp³-hybridized carbons (Fsp3) is 0.467. The molecule has 0 radical (unpaired) electrons. The number of nitrogens with zero attached hydrogens (tertiary/aromatic N) is 1. The first-order valence-corrected chi connectivity index (χ1v) is 7.11. The molecule has 0 aromatic heterocycles. The molecule has 3 amide bonds. The van der Waals surface area contributed by atoms with Gasteiger partial charge in [0.05, 0.1) is 0 Å². The van der Waals surface area contributed by atoms with Gasteiger partial charge < -0.3 is 16.4 Å². The van der Waals surface area contributed by atoms with Crippen LogP contribution in [0.3, 0.4) is 0 Å². The van der Waals surface area contributed by atoms with Crippen LogP contribution in [0.5, 0.6) is 0 Å². The third kappa shape index (κ3) is 4.35. The van der Waals surface area contributed by atoms with E-state index >= 15 is 0 Å². The Hall–Kier alpha value is -1.79. The van der Waals surface area contributed by atoms with Gasteiger partial charge >= 0.3 is 6.03 Å². The van der Waals surface area contributed by atoms with E-state index in [-0.39, 0.29) is 24.3 Å². The molecule has 4 N–H and O–H groups in total. The molecule has 1 heterocycles. The quantitative estimate of drug-likeness (QED) is 0.783. The Morgan fingerprint density at radius 2 is 2.18 bits per heavy atom. The Morgan fingerprint density at radius 3 is 2.82 bits per heavy atom. The second-order valence-corrected chi connectivity index (χ2v) is 5.83. The van der Waals surface area contributed by atoms with Crippen LogP contribution >= 0.6 is 12.4 Å². The van der Waals surface area contributed by atoms with Gasteiger partial charge in [0.25, 0.3) is 5.91 Å². The van der Waals surface area contributed by atoms with Gasteiger partial charge in [-0.1, -0.05) is 6.07 Å². The van der Waals surface area contributed by atoms with Crippen molar-refractivity contribution in [3.63, 3.8) is 0 Å². The summed E-state index contributed by atoms with van der Waals surface area (Å²) in [6.45, 7) is 5.44. The molecule has 0 bridgehead atoms. The van der Waals surface area contributed by atoms with Crippen molar-refractivity contribution in [3.05, 3.63) is 29.8 Å². The topological polar surface area (TPSA) is 87.5 Å². The second-order valence-electron chi connectivity index (χ2n) is 5.83. The fourth-order valence-corrected chi connectivity index (χ4v) is 2.12. The number of carbonyl (C=O) groups excluding carboxylic acids is 2. The van der Waals surface area contributed by atoms with E-state index in [1.807, 2.05) is 19.9 Å². The summed E-state index contributed by atoms with van der Waals surface area (Å²) in [6, 6.07) is 6.94. The summed E-state index contributed by atoms with van der Waals surface area (Å²) in [5.41, 5.74) is 6.41. The van der Waals surface area contributed by atoms with Crippen LogP contribution < -0.4 is 21.3 Å². The molecule has 6 nitrogen and oxygen atoms in total. The van der Waals surface area contributed by atoms with E-state index in [2.05, 4.69) is 10.6 Å². The zero-order chi connectivity index (χ0) is 15.5. The number of hydrogen-bond acceptors (Lipinski definition) is 3. The van der Waals surface area contributed by atoms with Gasteiger partial charge in [-0.2, -0.15) is 0 Å². The molecule has 1 aliphatic rings. The van der Waals surface area contributed by atoms with Gasteiger partial charge in [0.2, 0.25) is 0 Å². The molecule has 2 rings (SSSR count). The summed E-state index contributed by atoms with van der Waals surface area (Å²) in [4.78, 5) is 25.7. The molecular formula is C15H23ClN4O2. The van der Waals surface area contributed by atoms with Crippen LogP contribution in [0, 0.1) is 0 Å². The van der Waals surface area contributed by atoms with Crippen molar-refractivity contribution in [3.8, 4) is 0 Å². The number of halogens is 1. The number of hydrogen-bond donors (Lipinski definition) is 3. The first-order chi connectivity index (χ1) is 9.93. The van der Waals surface area contributed by atoms with E-state index in [0.29, 0.717) is 25.2 Å². The molecule has 0 aliphatic carbocycles. The molecule has 0 saturated carbocycles. The Balaban J connectivity index is 0.00000242. The van der Waals surface area contributed by atoms with E-state index in [9.17, 15) is 9.59 Å². The predicted molar refractivity (Wildman–Crippen MR) is 89.7 cm³/mol. The Labute approximate surface area is 136 Å². The highest BCUT2D eigenvalue weighted by molar-refractivity contribution is 5.98. The van der Waals surface area contributed by atoms with Gasteiger partial charge in [0.1, 0.15) is 0 Å². The first kappa shape index (κ1) is 18.3. The normalized spacial score (nSPS) is 14.9. The van der Waals surface area contributed by atoms with Crippen LogP contribution in [0.2, 0.25) is 0 Å². The Morgan fingerprint density at radius 1 is 1.45 bits per heavy atom. The van der Waals surface area contributed by atoms with Gasteiger partial charge in [-0.25, -0.2) is 4.79 Å². The number of benzene rings is 1. The van der Waals surface area contributed by atoms with Crippen molar-refractivity contribution >= 4 is 30.0 Å². The zero-order valence-corrected chi connectivity index (χ0v) is 13.7. The van der Waals surface area contributed by atoms with E-state index in [4.69, 9.17) is 5.73 Å². The largest absolute Gasteiger partial charge is 0.346 e. The smallest absolute Gasteiger partial charge is 0.321 e. The third-order valence-corrected chi connectivity index (χ3v) is 3.46. The van der Waals surface area contributed by atoms with Crippen molar-refractivity contribution in [2.75, 3.05) is 24.5 Å². The molecule has 1 saturated heterocycles. The molecular weight excluding hydrogens is 304 g/mol. The molecule has 7 heteroatoms. The maximum atomic E-state index is 12.2. The van der Waals surface area contributed by atoms with E-state index in [1.165, 1.54) is 0 Å². The molecule has 0 atom stereocenters. The van der Waals surface area contributed by atoms with Crippen molar-refractivity contribution < 1.29 is 9.59 Å². The average Bonchev–Trinajstić information content (AvgIpc) is 2.47. The lowest BCUT2D eigenvalue weighted by Gasteiger charge is -2.28. The number of nitrogens with one attached hydrogen (secondary N) is 2. The van der Waals surface area contributed by atoms with E-state index in [0.717, 1.165) is 12.1 Å². The lowest BCUT2D eigenvalue weighted by Crippen LogP contribution is -2.49. The zero-order valence-electron chi connectivity index (χ0n) is 12.9. The number of rotatable bonds is 4. The number of carbonyl (C=O) groups is 2. The van der Waals surface area contributed by atoms with Crippen LogP contribution in [0.25, 0.3) is 0 Å². The van der Waals surface area contributed by atoms with Crippen LogP contribution in [0.15, 0.2) is 24.3 Å². The highest BCUT2D eigenvalue weighted by Crippen LogP contribution is 2.18. The maximum Gasteiger partial charge on any atom is 0.321 e. The Bertz CT molecular complexity index is 548. The van der Waals surface area contributed by atoms with Crippen LogP contribution in [0.1, 0.15) is 30.6 Å². The maximum absolute atomic E-state index is 12.2. The molecule has 122 valence electrons. The second kappa shape index (κ2) is 7.47. The van der Waals surface area contributed by atoms with Crippen molar-refractivity contribution in [1.29, 1.82) is 0 Å². The van der Waals surface area contributed by atoms with Crippen LogP contribution in [-0.2, 0) is 0 Å². The lowest BCUT2D eigenvalue weighted by molar-refractivity contribution is 0.0915. The molecule has 1 aliphatic heterocycles. The van der Waals surface area contributed by atoms with Crippen molar-refractivity contribution in [2.45, 2.75) is 25.8 Å². The summed E-state index contributed by atoms with van der Waals surface area (Å²) >= 11 is 0. The number of nitrogens with two attached hydrogens (primary N) is 1. The summed E-state index contributed by atoms with van der Waals surface area (Å²) in [7, 11) is 0. The summed E-state index contributed by atoms with van der Waals surface area (Å²) < 4.78 is 0. The van der Waals surface area contributed by atoms with Gasteiger partial charge in [0, 0.05) is 36.4 Å². The minimum atomic E-state index is -0.463. The van der Waals surface area contributed by atoms with Crippen LogP contribution in [-0.4, -0.2) is 37.1 Å². The fourth-order valence-electron chi connectivity index (χ4n) is 2.12. The van der Waals surface area contributed by atoms with Gasteiger partial charge in [-0.3, -0.25) is 9.69 Å². The summed E-state index contributed by atoms with van der Waals surface area (Å²) in [5.74, 6) is -0.190. The molecule has 1 aromatic carbocycles. The molecule has 0 spiro atoms. The first-order valence-electron chi connectivity index (χ1n) is 7.11. The minimum Gasteiger partial charge on any atom is -0.346 e. The van der Waals surface area contributed by atoms with Gasteiger partial charge in [-0.05, 0) is 38.5 Å². The highest BCUT2D eigenvalue weighted by atomic mass is 35.5. The van der Waals surface area contributed by atoms with Crippen molar-refractivity contribution in [2.24, 2.45) is 5.73 Å². The molecule has 1 aromatic rings. The minimum absolute atomic E-state index is 0. The highest BCUT2D eigenvalue weighted by Gasteiger charge is 2.22. The van der Waals surface area contributed by atoms with E-state index < -0.39 is 5.54 Å². The van der Waals surface area contributed by atoms with E-state index in [1.54, 1.807) is 23.1 Å². The lowest BCUT2D eigenvalue weighted by atomic mass is 10.0. The average molecular weight is 327 g/mol. The number of anilines is 1. The van der Waals surface area contributed by atoms with Gasteiger partial charge in [0.15, 0.2) is 0 Å². The molecule has 0 unspecified atom stereocenters. The molecule has 22 heavy (non-hydrogen) atoms.